The fourth-order valence-corrected chi connectivity index (χ4v) is 4.30. The minimum absolute atomic E-state index is 0.869. The number of halogens is 1. The van der Waals surface area contributed by atoms with E-state index in [1.807, 2.05) is 11.3 Å². The maximum atomic E-state index is 3.66. The van der Waals surface area contributed by atoms with Crippen molar-refractivity contribution in [3.63, 3.8) is 0 Å². The van der Waals surface area contributed by atoms with Crippen LogP contribution in [0, 0.1) is 5.92 Å². The van der Waals surface area contributed by atoms with Gasteiger partial charge in [0.25, 0.3) is 0 Å². The van der Waals surface area contributed by atoms with Crippen LogP contribution in [0.4, 0.5) is 0 Å². The van der Waals surface area contributed by atoms with E-state index in [4.69, 9.17) is 0 Å². The summed E-state index contributed by atoms with van der Waals surface area (Å²) in [5.74, 6) is 0.908. The van der Waals surface area contributed by atoms with E-state index >= 15 is 0 Å². The summed E-state index contributed by atoms with van der Waals surface area (Å²) in [6, 6.07) is 3.05. The molecule has 1 aromatic rings. The van der Waals surface area contributed by atoms with Gasteiger partial charge in [-0.05, 0) is 72.1 Å². The van der Waals surface area contributed by atoms with Crippen molar-refractivity contribution in [2.45, 2.75) is 38.3 Å². The van der Waals surface area contributed by atoms with Crippen LogP contribution in [0.3, 0.4) is 0 Å². The first-order chi connectivity index (χ1) is 8.83. The monoisotopic (exact) mass is 328 g/mol. The van der Waals surface area contributed by atoms with Crippen LogP contribution in [-0.2, 0) is 6.54 Å². The van der Waals surface area contributed by atoms with Gasteiger partial charge in [0, 0.05) is 28.5 Å². The van der Waals surface area contributed by atoms with E-state index in [0.29, 0.717) is 0 Å². The van der Waals surface area contributed by atoms with Crippen LogP contribution in [-0.4, -0.2) is 30.6 Å². The molecule has 2 heterocycles. The van der Waals surface area contributed by atoms with Gasteiger partial charge in [-0.1, -0.05) is 0 Å². The summed E-state index contributed by atoms with van der Waals surface area (Å²) < 4.78 is 1.29. The van der Waals surface area contributed by atoms with Crippen LogP contribution >= 0.6 is 27.3 Å². The second kappa shape index (κ2) is 6.04. The highest BCUT2D eigenvalue weighted by atomic mass is 79.9. The van der Waals surface area contributed by atoms with Crippen molar-refractivity contribution in [3.05, 3.63) is 20.8 Å². The molecule has 1 aliphatic heterocycles. The topological polar surface area (TPSA) is 15.3 Å². The standard InChI is InChI=1S/C14H21BrN2S/c15-13-5-8-18-14(13)10-17(12-1-2-12)9-11-3-6-16-7-4-11/h5,8,11-12,16H,1-4,6-7,9-10H2. The van der Waals surface area contributed by atoms with E-state index in [-0.39, 0.29) is 0 Å². The van der Waals surface area contributed by atoms with E-state index in [1.54, 1.807) is 0 Å². The number of nitrogens with zero attached hydrogens (tertiary/aromatic N) is 1. The van der Waals surface area contributed by atoms with Gasteiger partial charge >= 0.3 is 0 Å². The fourth-order valence-electron chi connectivity index (χ4n) is 2.80. The third-order valence-corrected chi connectivity index (χ3v) is 5.96. The summed E-state index contributed by atoms with van der Waals surface area (Å²) in [6.45, 7) is 4.88. The van der Waals surface area contributed by atoms with Gasteiger partial charge in [-0.15, -0.1) is 11.3 Å². The average molecular weight is 329 g/mol. The van der Waals surface area contributed by atoms with E-state index in [9.17, 15) is 0 Å². The van der Waals surface area contributed by atoms with Crippen LogP contribution in [0.15, 0.2) is 15.9 Å². The predicted molar refractivity (Wildman–Crippen MR) is 81.0 cm³/mol. The smallest absolute Gasteiger partial charge is 0.0342 e. The summed E-state index contributed by atoms with van der Waals surface area (Å²) >= 11 is 5.55. The molecule has 0 unspecified atom stereocenters. The molecule has 0 radical (unpaired) electrons. The van der Waals surface area contributed by atoms with E-state index in [0.717, 1.165) is 18.5 Å². The van der Waals surface area contributed by atoms with Crippen LogP contribution < -0.4 is 5.32 Å². The Labute approximate surface area is 122 Å². The molecule has 1 saturated heterocycles. The Morgan fingerprint density at radius 1 is 1.28 bits per heavy atom. The summed E-state index contributed by atoms with van der Waals surface area (Å²) in [4.78, 5) is 4.22. The Morgan fingerprint density at radius 3 is 2.67 bits per heavy atom. The molecule has 1 aromatic heterocycles. The maximum absolute atomic E-state index is 3.66. The second-order valence-electron chi connectivity index (χ2n) is 5.55. The number of piperidine rings is 1. The van der Waals surface area contributed by atoms with Crippen molar-refractivity contribution in [1.29, 1.82) is 0 Å². The zero-order valence-corrected chi connectivity index (χ0v) is 13.1. The van der Waals surface area contributed by atoms with Crippen molar-refractivity contribution in [2.75, 3.05) is 19.6 Å². The average Bonchev–Trinajstić information content (AvgIpc) is 3.16. The molecular weight excluding hydrogens is 308 g/mol. The molecule has 1 aliphatic carbocycles. The van der Waals surface area contributed by atoms with Crippen molar-refractivity contribution >= 4 is 27.3 Å². The summed E-state index contributed by atoms with van der Waals surface area (Å²) in [5, 5.41) is 5.65. The second-order valence-corrected chi connectivity index (χ2v) is 7.40. The fraction of sp³-hybridized carbons (Fsp3) is 0.714. The summed E-state index contributed by atoms with van der Waals surface area (Å²) in [5.41, 5.74) is 0. The third-order valence-electron chi connectivity index (χ3n) is 4.05. The molecule has 1 N–H and O–H groups in total. The minimum Gasteiger partial charge on any atom is -0.317 e. The van der Waals surface area contributed by atoms with Crippen molar-refractivity contribution in [3.8, 4) is 0 Å². The first-order valence-electron chi connectivity index (χ1n) is 6.99. The molecule has 0 amide bonds. The highest BCUT2D eigenvalue weighted by Gasteiger charge is 2.31. The predicted octanol–water partition coefficient (Wildman–Crippen LogP) is 3.47. The Kier molecular flexibility index (Phi) is 4.39. The van der Waals surface area contributed by atoms with Crippen LogP contribution in [0.5, 0.6) is 0 Å². The molecule has 100 valence electrons. The maximum Gasteiger partial charge on any atom is 0.0342 e. The van der Waals surface area contributed by atoms with E-state index in [1.165, 1.54) is 54.7 Å². The van der Waals surface area contributed by atoms with E-state index in [2.05, 4.69) is 37.6 Å². The van der Waals surface area contributed by atoms with Crippen LogP contribution in [0.2, 0.25) is 0 Å². The van der Waals surface area contributed by atoms with Crippen molar-refractivity contribution in [2.24, 2.45) is 5.92 Å². The SMILES string of the molecule is Brc1ccsc1CN(CC1CCNCC1)C1CC1. The van der Waals surface area contributed by atoms with Gasteiger partial charge in [-0.2, -0.15) is 0 Å². The van der Waals surface area contributed by atoms with E-state index < -0.39 is 0 Å². The minimum atomic E-state index is 0.869. The quantitative estimate of drug-likeness (QED) is 0.890. The number of nitrogens with one attached hydrogen (secondary N) is 1. The molecule has 0 atom stereocenters. The number of hydrogen-bond donors (Lipinski definition) is 1. The lowest BCUT2D eigenvalue weighted by Gasteiger charge is -2.30. The lowest BCUT2D eigenvalue weighted by atomic mass is 9.97. The Bertz CT molecular complexity index is 383. The number of rotatable bonds is 5. The lowest BCUT2D eigenvalue weighted by molar-refractivity contribution is 0.191. The Hall–Kier alpha value is 0.1000. The Balaban J connectivity index is 1.59. The molecular formula is C14H21BrN2S. The van der Waals surface area contributed by atoms with Crippen molar-refractivity contribution < 1.29 is 0 Å². The molecule has 0 aromatic carbocycles. The van der Waals surface area contributed by atoms with Gasteiger partial charge < -0.3 is 5.32 Å². The lowest BCUT2D eigenvalue weighted by Crippen LogP contribution is -2.36. The van der Waals surface area contributed by atoms with Gasteiger partial charge in [0.15, 0.2) is 0 Å². The molecule has 0 spiro atoms. The van der Waals surface area contributed by atoms with Gasteiger partial charge in [-0.25, -0.2) is 0 Å². The highest BCUT2D eigenvalue weighted by molar-refractivity contribution is 9.10. The first-order valence-corrected chi connectivity index (χ1v) is 8.67. The van der Waals surface area contributed by atoms with Gasteiger partial charge in [-0.3, -0.25) is 4.90 Å². The molecule has 2 fully saturated rings. The zero-order valence-electron chi connectivity index (χ0n) is 10.7. The molecule has 2 nitrogen and oxygen atoms in total. The number of thiophene rings is 1. The number of hydrogen-bond acceptors (Lipinski definition) is 3. The summed E-state index contributed by atoms with van der Waals surface area (Å²) in [7, 11) is 0. The molecule has 4 heteroatoms. The van der Waals surface area contributed by atoms with Gasteiger partial charge in [0.1, 0.15) is 0 Å². The van der Waals surface area contributed by atoms with Crippen LogP contribution in [0.1, 0.15) is 30.6 Å². The van der Waals surface area contributed by atoms with Gasteiger partial charge in [0.2, 0.25) is 0 Å². The first kappa shape index (κ1) is 13.1. The zero-order chi connectivity index (χ0) is 12.4. The largest absolute Gasteiger partial charge is 0.317 e. The third kappa shape index (κ3) is 3.35. The summed E-state index contributed by atoms with van der Waals surface area (Å²) in [6.07, 6.45) is 5.53. The molecule has 18 heavy (non-hydrogen) atoms. The molecule has 1 saturated carbocycles. The normalized spacial score (nSPS) is 21.7. The van der Waals surface area contributed by atoms with Crippen molar-refractivity contribution in [1.82, 2.24) is 10.2 Å². The molecule has 2 aliphatic rings. The highest BCUT2D eigenvalue weighted by Crippen LogP contribution is 2.33. The molecule has 0 bridgehead atoms. The van der Waals surface area contributed by atoms with Crippen LogP contribution in [0.25, 0.3) is 0 Å². The molecule has 3 rings (SSSR count). The Morgan fingerprint density at radius 2 is 2.06 bits per heavy atom. The van der Waals surface area contributed by atoms with Gasteiger partial charge in [0.05, 0.1) is 0 Å².